The predicted molar refractivity (Wildman–Crippen MR) is 174 cm³/mol. The summed E-state index contributed by atoms with van der Waals surface area (Å²) in [4.78, 5) is 27.6. The summed E-state index contributed by atoms with van der Waals surface area (Å²) in [6.45, 7) is -0.0120. The lowest BCUT2D eigenvalue weighted by molar-refractivity contribution is -0.130. The number of carbonyl (C=O) groups excluding carboxylic acids is 2. The molecule has 1 aliphatic rings. The van der Waals surface area contributed by atoms with Crippen LogP contribution in [0.25, 0.3) is 5.69 Å². The van der Waals surface area contributed by atoms with Gasteiger partial charge in [0.2, 0.25) is 0 Å². The fourth-order valence-electron chi connectivity index (χ4n) is 5.19. The third kappa shape index (κ3) is 6.37. The van der Waals surface area contributed by atoms with Crippen molar-refractivity contribution in [3.63, 3.8) is 0 Å². The van der Waals surface area contributed by atoms with Crippen molar-refractivity contribution in [1.29, 1.82) is 0 Å². The molecule has 10 nitrogen and oxygen atoms in total. The molecule has 0 unspecified atom stereocenters. The van der Waals surface area contributed by atoms with Gasteiger partial charge in [0.05, 0.1) is 48.7 Å². The fourth-order valence-corrected chi connectivity index (χ4v) is 6.73. The first kappa shape index (κ1) is 31.0. The van der Waals surface area contributed by atoms with E-state index in [2.05, 4.69) is 15.5 Å². The zero-order valence-corrected chi connectivity index (χ0v) is 26.6. The third-order valence-corrected chi connectivity index (χ3v) is 9.16. The molecule has 3 heterocycles. The summed E-state index contributed by atoms with van der Waals surface area (Å²) < 4.78 is 27.2. The highest BCUT2D eigenvalue weighted by atomic mass is 32.2. The first-order chi connectivity index (χ1) is 22.5. The molecule has 0 fully saturated rings. The van der Waals surface area contributed by atoms with E-state index in [-0.39, 0.29) is 23.8 Å². The minimum absolute atomic E-state index is 0.0105. The molecule has 3 aromatic carbocycles. The van der Waals surface area contributed by atoms with Crippen LogP contribution in [0.1, 0.15) is 39.1 Å². The van der Waals surface area contributed by atoms with Gasteiger partial charge in [-0.2, -0.15) is 5.10 Å². The Bertz CT molecular complexity index is 1880. The number of nitrogens with zero attached hydrogens (tertiary/aromatic N) is 5. The smallest absolute Gasteiger partial charge is 0.254 e. The van der Waals surface area contributed by atoms with Crippen LogP contribution in [0, 0.1) is 5.82 Å². The maximum absolute atomic E-state index is 14.2. The Morgan fingerprint density at radius 2 is 1.78 bits per heavy atom. The SMILES string of the molecule is COc1cccc([C@H]2CC(c3cccs3)=NN2C(=O)CSc2nnc(CNC(=O)c3ccccc3F)n2-c2ccccc2)c1OC. The number of rotatable bonds is 11. The van der Waals surface area contributed by atoms with E-state index in [4.69, 9.17) is 14.6 Å². The quantitative estimate of drug-likeness (QED) is 0.177. The summed E-state index contributed by atoms with van der Waals surface area (Å²) in [6.07, 6.45) is 0.506. The number of ether oxygens (including phenoxy) is 2. The average Bonchev–Trinajstić information content (AvgIpc) is 3.86. The number of methoxy groups -OCH3 is 2. The highest BCUT2D eigenvalue weighted by molar-refractivity contribution is 7.99. The number of carbonyl (C=O) groups is 2. The summed E-state index contributed by atoms with van der Waals surface area (Å²) in [6, 6.07) is 24.3. The van der Waals surface area contributed by atoms with Crippen molar-refractivity contribution in [1.82, 2.24) is 25.1 Å². The van der Waals surface area contributed by atoms with Crippen molar-refractivity contribution in [3.8, 4) is 17.2 Å². The first-order valence-electron chi connectivity index (χ1n) is 14.3. The normalized spacial score (nSPS) is 14.2. The number of aromatic nitrogens is 3. The maximum atomic E-state index is 14.2. The summed E-state index contributed by atoms with van der Waals surface area (Å²) in [5.74, 6) is 0.128. The topological polar surface area (TPSA) is 111 Å². The standard InChI is InChI=1S/C33H29FN6O4S2/c1-43-27-15-8-13-23(31(27)44-2)26-18-25(28-16-9-17-45-28)38-40(26)30(41)20-46-33-37-36-29(39(33)21-10-4-3-5-11-21)19-35-32(42)22-12-6-7-14-24(22)34/h3-17,26H,18-20H2,1-2H3,(H,35,42)/t26-/m1/s1. The molecule has 0 aliphatic carbocycles. The Morgan fingerprint density at radius 1 is 0.978 bits per heavy atom. The largest absolute Gasteiger partial charge is 0.493 e. The molecule has 1 atom stereocenters. The van der Waals surface area contributed by atoms with Crippen molar-refractivity contribution in [3.05, 3.63) is 118 Å². The Labute approximate surface area is 272 Å². The van der Waals surface area contributed by atoms with E-state index in [1.807, 2.05) is 66.0 Å². The number of amides is 2. The zero-order valence-electron chi connectivity index (χ0n) is 24.9. The molecule has 0 radical (unpaired) electrons. The highest BCUT2D eigenvalue weighted by Gasteiger charge is 2.36. The van der Waals surface area contributed by atoms with Gasteiger partial charge in [0.15, 0.2) is 22.5 Å². The lowest BCUT2D eigenvalue weighted by atomic mass is 9.99. The zero-order chi connectivity index (χ0) is 32.0. The summed E-state index contributed by atoms with van der Waals surface area (Å²) in [5.41, 5.74) is 2.28. The second-order valence-electron chi connectivity index (χ2n) is 10.1. The summed E-state index contributed by atoms with van der Waals surface area (Å²) in [5, 5.41) is 20.1. The second kappa shape index (κ2) is 14.0. The lowest BCUT2D eigenvalue weighted by Crippen LogP contribution is -2.29. The van der Waals surface area contributed by atoms with Gasteiger partial charge in [0.1, 0.15) is 5.82 Å². The number of benzene rings is 3. The van der Waals surface area contributed by atoms with Crippen LogP contribution in [0.15, 0.2) is 101 Å². The molecule has 234 valence electrons. The van der Waals surface area contributed by atoms with Crippen LogP contribution >= 0.6 is 23.1 Å². The van der Waals surface area contributed by atoms with Crippen LogP contribution < -0.4 is 14.8 Å². The molecular weight excluding hydrogens is 628 g/mol. The van der Waals surface area contributed by atoms with Gasteiger partial charge in [0, 0.05) is 17.7 Å². The van der Waals surface area contributed by atoms with Gasteiger partial charge in [-0.15, -0.1) is 21.5 Å². The van der Waals surface area contributed by atoms with Gasteiger partial charge in [-0.1, -0.05) is 60.3 Å². The Hall–Kier alpha value is -5.01. The van der Waals surface area contributed by atoms with E-state index in [9.17, 15) is 14.0 Å². The number of hydrogen-bond donors (Lipinski definition) is 1. The van der Waals surface area contributed by atoms with Gasteiger partial charge >= 0.3 is 0 Å². The van der Waals surface area contributed by atoms with Crippen LogP contribution in [-0.4, -0.2) is 57.3 Å². The molecule has 0 spiro atoms. The first-order valence-corrected chi connectivity index (χ1v) is 16.1. The molecule has 0 saturated heterocycles. The van der Waals surface area contributed by atoms with Crippen molar-refractivity contribution in [2.75, 3.05) is 20.0 Å². The van der Waals surface area contributed by atoms with Gasteiger partial charge in [-0.3, -0.25) is 14.2 Å². The van der Waals surface area contributed by atoms with Crippen LogP contribution in [0.5, 0.6) is 11.5 Å². The fraction of sp³-hybridized carbons (Fsp3) is 0.182. The lowest BCUT2D eigenvalue weighted by Gasteiger charge is -2.24. The number of hydrazone groups is 1. The van der Waals surface area contributed by atoms with E-state index < -0.39 is 17.8 Å². The van der Waals surface area contributed by atoms with Gasteiger partial charge in [-0.25, -0.2) is 9.40 Å². The van der Waals surface area contributed by atoms with Crippen molar-refractivity contribution >= 4 is 40.6 Å². The monoisotopic (exact) mass is 656 g/mol. The molecular formula is C33H29FN6O4S2. The van der Waals surface area contributed by atoms with Crippen LogP contribution in [0.3, 0.4) is 0 Å². The summed E-state index contributed by atoms with van der Waals surface area (Å²) >= 11 is 2.77. The minimum atomic E-state index is -0.615. The molecule has 6 rings (SSSR count). The van der Waals surface area contributed by atoms with Gasteiger partial charge in [-0.05, 0) is 41.8 Å². The number of para-hydroxylation sites is 2. The molecule has 5 aromatic rings. The van der Waals surface area contributed by atoms with E-state index in [1.165, 1.54) is 35.0 Å². The van der Waals surface area contributed by atoms with E-state index in [1.54, 1.807) is 36.2 Å². The van der Waals surface area contributed by atoms with E-state index >= 15 is 0 Å². The van der Waals surface area contributed by atoms with Crippen LogP contribution in [0.4, 0.5) is 4.39 Å². The van der Waals surface area contributed by atoms with E-state index in [0.717, 1.165) is 21.8 Å². The molecule has 2 aromatic heterocycles. The Kier molecular flexibility index (Phi) is 9.41. The number of nitrogens with one attached hydrogen (secondary N) is 1. The third-order valence-electron chi connectivity index (χ3n) is 7.33. The molecule has 46 heavy (non-hydrogen) atoms. The number of thioether (sulfide) groups is 1. The Morgan fingerprint density at radius 3 is 2.52 bits per heavy atom. The molecule has 1 aliphatic heterocycles. The van der Waals surface area contributed by atoms with Crippen molar-refractivity contribution in [2.45, 2.75) is 24.2 Å². The van der Waals surface area contributed by atoms with Gasteiger partial charge in [0.25, 0.3) is 11.8 Å². The van der Waals surface area contributed by atoms with E-state index in [0.29, 0.717) is 28.9 Å². The van der Waals surface area contributed by atoms with Crippen molar-refractivity contribution < 1.29 is 23.5 Å². The molecule has 0 bridgehead atoms. The van der Waals surface area contributed by atoms with Gasteiger partial charge < -0.3 is 14.8 Å². The second-order valence-corrected chi connectivity index (χ2v) is 12.0. The summed E-state index contributed by atoms with van der Waals surface area (Å²) in [7, 11) is 3.15. The number of hydrogen-bond acceptors (Lipinski definition) is 9. The predicted octanol–water partition coefficient (Wildman–Crippen LogP) is 5.89. The maximum Gasteiger partial charge on any atom is 0.254 e. The van der Waals surface area contributed by atoms with Crippen LogP contribution in [0.2, 0.25) is 0 Å². The average molecular weight is 657 g/mol. The van der Waals surface area contributed by atoms with Crippen LogP contribution in [-0.2, 0) is 11.3 Å². The number of thiophene rings is 1. The number of halogens is 1. The molecule has 13 heteroatoms. The Balaban J connectivity index is 1.26. The minimum Gasteiger partial charge on any atom is -0.493 e. The molecule has 0 saturated carbocycles. The van der Waals surface area contributed by atoms with Crippen molar-refractivity contribution in [2.24, 2.45) is 5.10 Å². The molecule has 1 N–H and O–H groups in total. The molecule has 2 amide bonds. The highest BCUT2D eigenvalue weighted by Crippen LogP contribution is 2.42.